The normalized spacial score (nSPS) is 14.7. The number of nitrogens with one attached hydrogen (secondary N) is 1. The van der Waals surface area contributed by atoms with Crippen LogP contribution in [0.1, 0.15) is 12.8 Å². The molecule has 1 N–H and O–H groups in total. The molecular weight excluding hydrogens is 304 g/mol. The average molecular weight is 328 g/mol. The van der Waals surface area contributed by atoms with Gasteiger partial charge in [-0.25, -0.2) is 0 Å². The van der Waals surface area contributed by atoms with Crippen molar-refractivity contribution in [3.05, 3.63) is 36.7 Å². The highest BCUT2D eigenvalue weighted by Crippen LogP contribution is 2.23. The zero-order valence-electron chi connectivity index (χ0n) is 14.1. The maximum absolute atomic E-state index is 11.9. The minimum atomic E-state index is -0.0824. The highest BCUT2D eigenvalue weighted by atomic mass is 16.5. The van der Waals surface area contributed by atoms with E-state index in [-0.39, 0.29) is 12.5 Å². The second-order valence-corrected chi connectivity index (χ2v) is 6.12. The average Bonchev–Trinajstić information content (AvgIpc) is 3.25. The molecule has 3 rings (SSSR count). The third-order valence-electron chi connectivity index (χ3n) is 4.19. The second kappa shape index (κ2) is 7.97. The van der Waals surface area contributed by atoms with Gasteiger partial charge in [-0.05, 0) is 43.6 Å². The molecule has 0 unspecified atom stereocenters. The molecule has 2 heterocycles. The Balaban J connectivity index is 1.44. The van der Waals surface area contributed by atoms with Crippen LogP contribution in [0.2, 0.25) is 0 Å². The van der Waals surface area contributed by atoms with Crippen LogP contribution in [0, 0.1) is 0 Å². The van der Waals surface area contributed by atoms with E-state index in [1.165, 1.54) is 12.8 Å². The van der Waals surface area contributed by atoms with E-state index in [2.05, 4.69) is 15.3 Å². The molecule has 0 spiro atoms. The molecule has 0 aliphatic carbocycles. The van der Waals surface area contributed by atoms with Crippen LogP contribution in [-0.2, 0) is 11.8 Å². The molecule has 1 fully saturated rings. The van der Waals surface area contributed by atoms with Crippen molar-refractivity contribution < 1.29 is 9.53 Å². The minimum absolute atomic E-state index is 0.0382. The lowest BCUT2D eigenvalue weighted by Crippen LogP contribution is -2.35. The number of carbonyl (C=O) groups is 1. The molecule has 1 aliphatic heterocycles. The fraction of sp³-hybridized carbons (Fsp3) is 0.444. The Morgan fingerprint density at radius 3 is 2.88 bits per heavy atom. The van der Waals surface area contributed by atoms with E-state index in [9.17, 15) is 4.79 Å². The smallest absolute Gasteiger partial charge is 0.257 e. The van der Waals surface area contributed by atoms with E-state index < -0.39 is 0 Å². The van der Waals surface area contributed by atoms with Gasteiger partial charge in [0.15, 0.2) is 6.61 Å². The number of nitrogens with zero attached hydrogens (tertiary/aromatic N) is 3. The summed E-state index contributed by atoms with van der Waals surface area (Å²) in [5.41, 5.74) is 2.05. The SMILES string of the molecule is Cn1cc(-c2cccc(OCC(=O)NCCN3CCCC3)c2)cn1. The number of rotatable bonds is 7. The molecule has 6 nitrogen and oxygen atoms in total. The molecule has 1 amide bonds. The van der Waals surface area contributed by atoms with Crippen molar-refractivity contribution in [3.8, 4) is 16.9 Å². The van der Waals surface area contributed by atoms with Crippen LogP contribution in [-0.4, -0.2) is 53.4 Å². The third-order valence-corrected chi connectivity index (χ3v) is 4.19. The van der Waals surface area contributed by atoms with Crippen molar-refractivity contribution in [2.45, 2.75) is 12.8 Å². The Morgan fingerprint density at radius 1 is 1.29 bits per heavy atom. The molecule has 0 saturated carbocycles. The standard InChI is InChI=1S/C18H24N4O2/c1-21-13-16(12-20-21)15-5-4-6-17(11-15)24-14-18(23)19-7-10-22-8-2-3-9-22/h4-6,11-13H,2-3,7-10,14H2,1H3,(H,19,23). The van der Waals surface area contributed by atoms with Gasteiger partial charge in [-0.1, -0.05) is 12.1 Å². The molecular formula is C18H24N4O2. The summed E-state index contributed by atoms with van der Waals surface area (Å²) in [5.74, 6) is 0.604. The highest BCUT2D eigenvalue weighted by Gasteiger charge is 2.11. The third kappa shape index (κ3) is 4.58. The van der Waals surface area contributed by atoms with Crippen molar-refractivity contribution >= 4 is 5.91 Å². The van der Waals surface area contributed by atoms with Crippen LogP contribution in [0.5, 0.6) is 5.75 Å². The lowest BCUT2D eigenvalue weighted by molar-refractivity contribution is -0.123. The number of likely N-dealkylation sites (tertiary alicyclic amines) is 1. The molecule has 24 heavy (non-hydrogen) atoms. The van der Waals surface area contributed by atoms with Gasteiger partial charge in [-0.2, -0.15) is 5.10 Å². The van der Waals surface area contributed by atoms with Crippen molar-refractivity contribution in [1.82, 2.24) is 20.0 Å². The molecule has 0 radical (unpaired) electrons. The first-order chi connectivity index (χ1) is 11.7. The molecule has 128 valence electrons. The number of ether oxygens (including phenoxy) is 1. The van der Waals surface area contributed by atoms with Crippen LogP contribution in [0.4, 0.5) is 0 Å². The zero-order chi connectivity index (χ0) is 16.8. The van der Waals surface area contributed by atoms with Gasteiger partial charge in [0, 0.05) is 31.9 Å². The van der Waals surface area contributed by atoms with Crippen LogP contribution >= 0.6 is 0 Å². The van der Waals surface area contributed by atoms with E-state index in [4.69, 9.17) is 4.74 Å². The number of carbonyl (C=O) groups excluding carboxylic acids is 1. The van der Waals surface area contributed by atoms with Gasteiger partial charge in [-0.3, -0.25) is 9.48 Å². The van der Waals surface area contributed by atoms with Crippen LogP contribution < -0.4 is 10.1 Å². The Hall–Kier alpha value is -2.34. The largest absolute Gasteiger partial charge is 0.484 e. The first-order valence-electron chi connectivity index (χ1n) is 8.42. The number of hydrogen-bond acceptors (Lipinski definition) is 4. The summed E-state index contributed by atoms with van der Waals surface area (Å²) in [5, 5.41) is 7.08. The summed E-state index contributed by atoms with van der Waals surface area (Å²) in [6, 6.07) is 7.70. The number of aromatic nitrogens is 2. The Morgan fingerprint density at radius 2 is 2.12 bits per heavy atom. The van der Waals surface area contributed by atoms with Crippen molar-refractivity contribution in [2.24, 2.45) is 7.05 Å². The number of amides is 1. The molecule has 0 bridgehead atoms. The fourth-order valence-corrected chi connectivity index (χ4v) is 2.90. The summed E-state index contributed by atoms with van der Waals surface area (Å²) in [4.78, 5) is 14.3. The zero-order valence-corrected chi connectivity index (χ0v) is 14.1. The number of hydrogen-bond donors (Lipinski definition) is 1. The maximum atomic E-state index is 11.9. The quantitative estimate of drug-likeness (QED) is 0.840. The van der Waals surface area contributed by atoms with E-state index in [1.807, 2.05) is 43.7 Å². The molecule has 1 aromatic carbocycles. The van der Waals surface area contributed by atoms with Crippen molar-refractivity contribution in [2.75, 3.05) is 32.8 Å². The predicted molar refractivity (Wildman–Crippen MR) is 92.8 cm³/mol. The van der Waals surface area contributed by atoms with E-state index in [1.54, 1.807) is 4.68 Å². The van der Waals surface area contributed by atoms with Gasteiger partial charge in [0.05, 0.1) is 6.20 Å². The van der Waals surface area contributed by atoms with Gasteiger partial charge in [0.2, 0.25) is 0 Å². The summed E-state index contributed by atoms with van der Waals surface area (Å²) >= 11 is 0. The van der Waals surface area contributed by atoms with Gasteiger partial charge in [0.25, 0.3) is 5.91 Å². The number of benzene rings is 1. The molecule has 6 heteroatoms. The summed E-state index contributed by atoms with van der Waals surface area (Å²) in [7, 11) is 1.89. The lowest BCUT2D eigenvalue weighted by atomic mass is 10.1. The summed E-state index contributed by atoms with van der Waals surface area (Å²) in [6.07, 6.45) is 6.29. The van der Waals surface area contributed by atoms with Crippen molar-refractivity contribution in [1.29, 1.82) is 0 Å². The summed E-state index contributed by atoms with van der Waals surface area (Å²) < 4.78 is 7.37. The Labute approximate surface area is 142 Å². The van der Waals surface area contributed by atoms with Crippen LogP contribution in [0.25, 0.3) is 11.1 Å². The first-order valence-corrected chi connectivity index (χ1v) is 8.42. The fourth-order valence-electron chi connectivity index (χ4n) is 2.90. The molecule has 1 saturated heterocycles. The van der Waals surface area contributed by atoms with Crippen LogP contribution in [0.3, 0.4) is 0 Å². The number of aryl methyl sites for hydroxylation is 1. The highest BCUT2D eigenvalue weighted by molar-refractivity contribution is 5.77. The van der Waals surface area contributed by atoms with E-state index in [0.29, 0.717) is 12.3 Å². The predicted octanol–water partition coefficient (Wildman–Crippen LogP) is 1.68. The van der Waals surface area contributed by atoms with E-state index >= 15 is 0 Å². The van der Waals surface area contributed by atoms with Gasteiger partial charge in [0.1, 0.15) is 5.75 Å². The minimum Gasteiger partial charge on any atom is -0.484 e. The van der Waals surface area contributed by atoms with Crippen LogP contribution in [0.15, 0.2) is 36.7 Å². The second-order valence-electron chi connectivity index (χ2n) is 6.12. The van der Waals surface area contributed by atoms with E-state index in [0.717, 1.165) is 30.8 Å². The monoisotopic (exact) mass is 328 g/mol. The van der Waals surface area contributed by atoms with Gasteiger partial charge < -0.3 is 15.0 Å². The van der Waals surface area contributed by atoms with Crippen molar-refractivity contribution in [3.63, 3.8) is 0 Å². The Bertz CT molecular complexity index is 677. The lowest BCUT2D eigenvalue weighted by Gasteiger charge is -2.14. The first kappa shape index (κ1) is 16.5. The summed E-state index contributed by atoms with van der Waals surface area (Å²) in [6.45, 7) is 3.93. The molecule has 1 aliphatic rings. The molecule has 0 atom stereocenters. The van der Waals surface area contributed by atoms with Gasteiger partial charge >= 0.3 is 0 Å². The Kier molecular flexibility index (Phi) is 5.48. The molecule has 2 aromatic rings. The maximum Gasteiger partial charge on any atom is 0.257 e. The topological polar surface area (TPSA) is 59.4 Å². The van der Waals surface area contributed by atoms with Gasteiger partial charge in [-0.15, -0.1) is 0 Å². The molecule has 1 aromatic heterocycles.